The zero-order valence-corrected chi connectivity index (χ0v) is 29.9. The monoisotopic (exact) mass is 746 g/mol. The van der Waals surface area contributed by atoms with Crippen LogP contribution in [0.4, 0.5) is 10.1 Å². The van der Waals surface area contributed by atoms with Crippen LogP contribution < -0.4 is 15.4 Å². The predicted molar refractivity (Wildman–Crippen MR) is 193 cm³/mol. The molecule has 0 saturated carbocycles. The average Bonchev–Trinajstić information content (AvgIpc) is 3.64. The van der Waals surface area contributed by atoms with Crippen LogP contribution in [0.15, 0.2) is 73.6 Å². The number of hydrogen-bond acceptors (Lipinski definition) is 11. The van der Waals surface area contributed by atoms with E-state index in [9.17, 15) is 18.8 Å². The number of anilines is 1. The maximum Gasteiger partial charge on any atom is 0.340 e. The van der Waals surface area contributed by atoms with Gasteiger partial charge in [-0.15, -0.1) is 0 Å². The first-order valence-corrected chi connectivity index (χ1v) is 16.6. The number of aromatic nitrogens is 6. The van der Waals surface area contributed by atoms with Gasteiger partial charge in [0.25, 0.3) is 0 Å². The van der Waals surface area contributed by atoms with Crippen LogP contribution in [0.2, 0.25) is 5.15 Å². The number of ether oxygens (including phenoxy) is 3. The number of thiocarbonyl (C=S) groups is 1. The van der Waals surface area contributed by atoms with Crippen LogP contribution in [0, 0.1) is 19.7 Å². The van der Waals surface area contributed by atoms with E-state index in [1.54, 1.807) is 76.5 Å². The maximum absolute atomic E-state index is 13.0. The zero-order valence-electron chi connectivity index (χ0n) is 28.3. The van der Waals surface area contributed by atoms with Crippen molar-refractivity contribution in [1.29, 1.82) is 0 Å². The lowest BCUT2D eigenvalue weighted by atomic mass is 10.1. The van der Waals surface area contributed by atoms with Gasteiger partial charge in [0.05, 0.1) is 30.8 Å². The molecule has 0 fully saturated rings. The van der Waals surface area contributed by atoms with Crippen LogP contribution in [-0.4, -0.2) is 65.4 Å². The van der Waals surface area contributed by atoms with E-state index in [1.165, 1.54) is 33.8 Å². The number of halogens is 2. The van der Waals surface area contributed by atoms with Crippen LogP contribution in [0.25, 0.3) is 11.0 Å². The Balaban J connectivity index is 0.000000272. The van der Waals surface area contributed by atoms with Crippen LogP contribution in [-0.2, 0) is 20.7 Å². The Labute approximate surface area is 306 Å². The molecule has 52 heavy (non-hydrogen) atoms. The number of hydrogen-bond donors (Lipinski definition) is 2. The molecule has 4 aromatic heterocycles. The first-order chi connectivity index (χ1) is 25.0. The average molecular weight is 747 g/mol. The first-order valence-electron chi connectivity index (χ1n) is 15.8. The molecule has 14 nitrogen and oxygen atoms in total. The van der Waals surface area contributed by atoms with Crippen LogP contribution in [0.3, 0.4) is 0 Å². The van der Waals surface area contributed by atoms with Gasteiger partial charge in [-0.2, -0.15) is 15.2 Å². The number of esters is 2. The summed E-state index contributed by atoms with van der Waals surface area (Å²) < 4.78 is 32.0. The maximum atomic E-state index is 13.0. The number of aryl methyl sites for hydroxylation is 2. The van der Waals surface area contributed by atoms with Gasteiger partial charge in [-0.25, -0.2) is 28.0 Å². The molecule has 0 unspecified atom stereocenters. The summed E-state index contributed by atoms with van der Waals surface area (Å²) in [5.41, 5.74) is 4.70. The molecule has 4 heterocycles. The molecule has 0 saturated heterocycles. The summed E-state index contributed by atoms with van der Waals surface area (Å²) in [5.74, 6) is -0.730. The van der Waals surface area contributed by atoms with E-state index in [0.717, 1.165) is 5.56 Å². The third kappa shape index (κ3) is 8.83. The molecule has 0 radical (unpaired) electrons. The number of rotatable bonds is 9. The summed E-state index contributed by atoms with van der Waals surface area (Å²) >= 11 is 11.1. The highest BCUT2D eigenvalue weighted by Gasteiger charge is 2.20. The number of nitrogens with one attached hydrogen (secondary N) is 2. The minimum absolute atomic E-state index is 0.0688. The van der Waals surface area contributed by atoms with Gasteiger partial charge in [0.2, 0.25) is 11.8 Å². The summed E-state index contributed by atoms with van der Waals surface area (Å²) in [6.45, 7) is 7.67. The van der Waals surface area contributed by atoms with Crippen molar-refractivity contribution in [1.82, 2.24) is 34.5 Å². The molecule has 1 amide bonds. The molecule has 2 aromatic carbocycles. The van der Waals surface area contributed by atoms with Gasteiger partial charge < -0.3 is 24.8 Å². The van der Waals surface area contributed by atoms with Gasteiger partial charge in [-0.1, -0.05) is 23.7 Å². The number of amides is 1. The lowest BCUT2D eigenvalue weighted by Crippen LogP contribution is -2.35. The summed E-state index contributed by atoms with van der Waals surface area (Å²) in [4.78, 5) is 44.1. The first kappa shape index (κ1) is 37.3. The molecular formula is C35H32ClFN8O6S. The number of carbonyl (C=O) groups excluding carboxylic acids is 3. The highest BCUT2D eigenvalue weighted by Crippen LogP contribution is 2.29. The SMILES string of the molecule is CCOC(=O)c1cn2ncnc(Cl)c2c1C.CCOC(=O)c1cn2ncnc(Oc3ccc(NC(=S)NC(=O)Cc4ccc(F)cc4)cc3)c2c1C. The van der Waals surface area contributed by atoms with E-state index in [4.69, 9.17) is 38.0 Å². The quantitative estimate of drug-likeness (QED) is 0.130. The normalized spacial score (nSPS) is 10.7. The zero-order chi connectivity index (χ0) is 37.4. The molecule has 0 bridgehead atoms. The smallest absolute Gasteiger partial charge is 0.340 e. The van der Waals surface area contributed by atoms with E-state index >= 15 is 0 Å². The summed E-state index contributed by atoms with van der Waals surface area (Å²) in [5, 5.41) is 14.1. The third-order valence-electron chi connectivity index (χ3n) is 7.42. The van der Waals surface area contributed by atoms with Crippen LogP contribution >= 0.6 is 23.8 Å². The molecule has 0 spiro atoms. The van der Waals surface area contributed by atoms with E-state index in [0.29, 0.717) is 56.5 Å². The van der Waals surface area contributed by atoms with E-state index in [2.05, 4.69) is 30.8 Å². The Bertz CT molecular complexity index is 2260. The molecule has 268 valence electrons. The summed E-state index contributed by atoms with van der Waals surface area (Å²) in [7, 11) is 0. The summed E-state index contributed by atoms with van der Waals surface area (Å²) in [6, 6.07) is 12.5. The van der Waals surface area contributed by atoms with E-state index < -0.39 is 5.97 Å². The highest BCUT2D eigenvalue weighted by atomic mass is 35.5. The van der Waals surface area contributed by atoms with Crippen molar-refractivity contribution < 1.29 is 33.0 Å². The Morgan fingerprint density at radius 2 is 1.38 bits per heavy atom. The Morgan fingerprint density at radius 3 is 1.96 bits per heavy atom. The number of benzene rings is 2. The topological polar surface area (TPSA) is 163 Å². The molecule has 0 aliphatic heterocycles. The predicted octanol–water partition coefficient (Wildman–Crippen LogP) is 6.07. The molecular weight excluding hydrogens is 715 g/mol. The van der Waals surface area contributed by atoms with Crippen molar-refractivity contribution in [3.8, 4) is 11.6 Å². The lowest BCUT2D eigenvalue weighted by Gasteiger charge is -2.11. The minimum atomic E-state index is -0.442. The Hall–Kier alpha value is -6.00. The van der Waals surface area contributed by atoms with Crippen LogP contribution in [0.1, 0.15) is 51.3 Å². The fourth-order valence-corrected chi connectivity index (χ4v) is 5.49. The number of carbonyl (C=O) groups is 3. The van der Waals surface area contributed by atoms with Crippen molar-refractivity contribution in [2.75, 3.05) is 18.5 Å². The molecule has 0 atom stereocenters. The molecule has 6 aromatic rings. The van der Waals surface area contributed by atoms with Gasteiger partial charge in [0.1, 0.15) is 35.3 Å². The second kappa shape index (κ2) is 16.8. The Kier molecular flexibility index (Phi) is 12.0. The second-order valence-corrected chi connectivity index (χ2v) is 11.7. The van der Waals surface area contributed by atoms with Crippen molar-refractivity contribution >= 4 is 63.5 Å². The molecule has 6 rings (SSSR count). The third-order valence-corrected chi connectivity index (χ3v) is 7.90. The standard InChI is InChI=1S/C25H22FN5O4S.C10H10ClN3O2/c1-3-34-24(33)20-13-31-22(15(20)2)23(27-14-28-31)35-19-10-8-18(9-11-19)29-25(36)30-21(32)12-16-4-6-17(26)7-5-16;1-3-16-10(15)7-4-14-8(6(7)2)9(11)12-5-13-14/h4-11,13-14H,3,12H2,1-2H3,(H2,29,30,32,36);4-5H,3H2,1-2H3. The molecule has 0 aliphatic carbocycles. The van der Waals surface area contributed by atoms with E-state index in [-0.39, 0.29) is 41.7 Å². The van der Waals surface area contributed by atoms with Gasteiger partial charge in [-0.05, 0) is 93.0 Å². The fraction of sp³-hybridized carbons (Fsp3) is 0.200. The minimum Gasteiger partial charge on any atom is -0.462 e. The van der Waals surface area contributed by atoms with Gasteiger partial charge >= 0.3 is 11.9 Å². The van der Waals surface area contributed by atoms with Crippen molar-refractivity contribution in [2.45, 2.75) is 34.1 Å². The molecule has 2 N–H and O–H groups in total. The number of nitrogens with zero attached hydrogens (tertiary/aromatic N) is 6. The summed E-state index contributed by atoms with van der Waals surface area (Å²) in [6.07, 6.45) is 5.91. The molecule has 0 aliphatic rings. The van der Waals surface area contributed by atoms with Crippen molar-refractivity contribution in [3.63, 3.8) is 0 Å². The Morgan fingerprint density at radius 1 is 0.827 bits per heavy atom. The fourth-order valence-electron chi connectivity index (χ4n) is 4.99. The van der Waals surface area contributed by atoms with Crippen LogP contribution in [0.5, 0.6) is 11.6 Å². The largest absolute Gasteiger partial charge is 0.462 e. The van der Waals surface area contributed by atoms with Crippen molar-refractivity contribution in [2.24, 2.45) is 0 Å². The van der Waals surface area contributed by atoms with E-state index in [1.807, 2.05) is 0 Å². The lowest BCUT2D eigenvalue weighted by molar-refractivity contribution is -0.119. The number of fused-ring (bicyclic) bond motifs is 2. The van der Waals surface area contributed by atoms with Gasteiger partial charge in [0, 0.05) is 18.1 Å². The van der Waals surface area contributed by atoms with Gasteiger partial charge in [0.15, 0.2) is 10.3 Å². The van der Waals surface area contributed by atoms with Gasteiger partial charge in [-0.3, -0.25) is 4.79 Å². The van der Waals surface area contributed by atoms with Crippen molar-refractivity contribution in [3.05, 3.63) is 112 Å². The second-order valence-electron chi connectivity index (χ2n) is 10.9. The molecule has 17 heteroatoms. The highest BCUT2D eigenvalue weighted by molar-refractivity contribution is 7.80.